The first-order valence-electron chi connectivity index (χ1n) is 9.59. The molecule has 0 fully saturated rings. The number of hydrogen-bond donors (Lipinski definition) is 1. The Hall–Kier alpha value is -3.15. The molecule has 0 amide bonds. The molecule has 3 aliphatic rings. The van der Waals surface area contributed by atoms with E-state index in [1.165, 1.54) is 0 Å². The average molecular weight is 379 g/mol. The second-order valence-corrected chi connectivity index (χ2v) is 7.01. The maximum atomic E-state index is 12.9. The van der Waals surface area contributed by atoms with Crippen molar-refractivity contribution >= 4 is 11.5 Å². The SMILES string of the molecule is O=C(C=C1NCCc2cc3c(cc21)OCCCO3)C1COc2ccccc2O1. The lowest BCUT2D eigenvalue weighted by atomic mass is 9.96. The number of nitrogens with one attached hydrogen (secondary N) is 1. The second-order valence-electron chi connectivity index (χ2n) is 7.01. The summed E-state index contributed by atoms with van der Waals surface area (Å²) in [6.07, 6.45) is 2.69. The topological polar surface area (TPSA) is 66.0 Å². The average Bonchev–Trinajstić information content (AvgIpc) is 2.97. The van der Waals surface area contributed by atoms with Gasteiger partial charge in [0.2, 0.25) is 5.78 Å². The molecule has 2 aromatic carbocycles. The van der Waals surface area contributed by atoms with Crippen LogP contribution in [0, 0.1) is 0 Å². The van der Waals surface area contributed by atoms with Gasteiger partial charge in [-0.3, -0.25) is 4.79 Å². The van der Waals surface area contributed by atoms with Crippen molar-refractivity contribution in [2.45, 2.75) is 18.9 Å². The third-order valence-corrected chi connectivity index (χ3v) is 5.09. The molecule has 0 bridgehead atoms. The van der Waals surface area contributed by atoms with E-state index in [1.807, 2.05) is 36.4 Å². The third-order valence-electron chi connectivity index (χ3n) is 5.09. The van der Waals surface area contributed by atoms with Crippen LogP contribution in [-0.4, -0.2) is 38.3 Å². The number of ether oxygens (including phenoxy) is 4. The van der Waals surface area contributed by atoms with Gasteiger partial charge in [-0.05, 0) is 36.2 Å². The Morgan fingerprint density at radius 2 is 1.79 bits per heavy atom. The van der Waals surface area contributed by atoms with Gasteiger partial charge in [-0.1, -0.05) is 12.1 Å². The molecule has 0 saturated carbocycles. The van der Waals surface area contributed by atoms with E-state index in [1.54, 1.807) is 6.08 Å². The molecule has 6 nitrogen and oxygen atoms in total. The summed E-state index contributed by atoms with van der Waals surface area (Å²) >= 11 is 0. The van der Waals surface area contributed by atoms with Crippen LogP contribution in [-0.2, 0) is 11.2 Å². The van der Waals surface area contributed by atoms with Gasteiger partial charge < -0.3 is 24.3 Å². The van der Waals surface area contributed by atoms with Gasteiger partial charge in [0, 0.05) is 30.3 Å². The van der Waals surface area contributed by atoms with Crippen LogP contribution in [0.15, 0.2) is 42.5 Å². The molecule has 5 rings (SSSR count). The fourth-order valence-corrected chi connectivity index (χ4v) is 3.66. The van der Waals surface area contributed by atoms with E-state index in [0.29, 0.717) is 24.7 Å². The third kappa shape index (κ3) is 3.15. The smallest absolute Gasteiger partial charge is 0.201 e. The Morgan fingerprint density at radius 3 is 2.64 bits per heavy atom. The lowest BCUT2D eigenvalue weighted by molar-refractivity contribution is -0.123. The molecule has 1 N–H and O–H groups in total. The summed E-state index contributed by atoms with van der Waals surface area (Å²) < 4.78 is 23.1. The van der Waals surface area contributed by atoms with Crippen molar-refractivity contribution in [1.29, 1.82) is 0 Å². The van der Waals surface area contributed by atoms with Gasteiger partial charge in [-0.25, -0.2) is 0 Å². The van der Waals surface area contributed by atoms with Crippen LogP contribution < -0.4 is 24.3 Å². The minimum absolute atomic E-state index is 0.128. The highest BCUT2D eigenvalue weighted by Gasteiger charge is 2.27. The maximum absolute atomic E-state index is 12.9. The standard InChI is InChI=1S/C22H21NO5/c24-17(22-13-27-18-4-1-2-5-19(18)28-22)12-16-15-11-21-20(25-8-3-9-26-21)10-14(15)6-7-23-16/h1-2,4-5,10-12,22-23H,3,6-9,13H2. The molecule has 1 unspecified atom stereocenters. The first kappa shape index (κ1) is 17.0. The van der Waals surface area contributed by atoms with Crippen molar-refractivity contribution in [2.24, 2.45) is 0 Å². The first-order valence-corrected chi connectivity index (χ1v) is 9.59. The van der Waals surface area contributed by atoms with Gasteiger partial charge in [0.1, 0.15) is 6.61 Å². The monoisotopic (exact) mass is 379 g/mol. The molecule has 3 aliphatic heterocycles. The van der Waals surface area contributed by atoms with Crippen molar-refractivity contribution < 1.29 is 23.7 Å². The molecular weight excluding hydrogens is 358 g/mol. The summed E-state index contributed by atoms with van der Waals surface area (Å²) in [7, 11) is 0. The number of para-hydroxylation sites is 2. The van der Waals surface area contributed by atoms with Gasteiger partial charge in [-0.2, -0.15) is 0 Å². The summed E-state index contributed by atoms with van der Waals surface area (Å²) in [6, 6.07) is 11.4. The van der Waals surface area contributed by atoms with Crippen molar-refractivity contribution in [3.63, 3.8) is 0 Å². The Morgan fingerprint density at radius 1 is 1.00 bits per heavy atom. The summed E-state index contributed by atoms with van der Waals surface area (Å²) in [5.41, 5.74) is 2.90. The highest BCUT2D eigenvalue weighted by Crippen LogP contribution is 2.37. The number of carbonyl (C=O) groups is 1. The van der Waals surface area contributed by atoms with E-state index >= 15 is 0 Å². The quantitative estimate of drug-likeness (QED) is 0.810. The maximum Gasteiger partial charge on any atom is 0.201 e. The zero-order valence-electron chi connectivity index (χ0n) is 15.4. The van der Waals surface area contributed by atoms with Crippen LogP contribution >= 0.6 is 0 Å². The molecule has 0 saturated heterocycles. The molecule has 1 atom stereocenters. The van der Waals surface area contributed by atoms with E-state index in [0.717, 1.165) is 47.7 Å². The van der Waals surface area contributed by atoms with Crippen LogP contribution in [0.2, 0.25) is 0 Å². The second kappa shape index (κ2) is 7.11. The predicted molar refractivity (Wildman–Crippen MR) is 103 cm³/mol. The molecule has 0 spiro atoms. The van der Waals surface area contributed by atoms with Crippen molar-refractivity contribution in [1.82, 2.24) is 5.32 Å². The molecule has 3 heterocycles. The van der Waals surface area contributed by atoms with Crippen LogP contribution in [0.3, 0.4) is 0 Å². The largest absolute Gasteiger partial charge is 0.490 e. The first-order chi connectivity index (χ1) is 13.8. The zero-order chi connectivity index (χ0) is 18.9. The number of hydrogen-bond acceptors (Lipinski definition) is 6. The summed E-state index contributed by atoms with van der Waals surface area (Å²) in [4.78, 5) is 12.9. The van der Waals surface area contributed by atoms with E-state index in [9.17, 15) is 4.79 Å². The number of fused-ring (bicyclic) bond motifs is 3. The van der Waals surface area contributed by atoms with Gasteiger partial charge >= 0.3 is 0 Å². The minimum Gasteiger partial charge on any atom is -0.490 e. The Balaban J connectivity index is 1.42. The number of ketones is 1. The Kier molecular flexibility index (Phi) is 4.31. The van der Waals surface area contributed by atoms with E-state index in [-0.39, 0.29) is 12.4 Å². The van der Waals surface area contributed by atoms with Crippen LogP contribution in [0.5, 0.6) is 23.0 Å². The molecule has 0 aromatic heterocycles. The van der Waals surface area contributed by atoms with Gasteiger partial charge in [0.25, 0.3) is 0 Å². The van der Waals surface area contributed by atoms with Crippen LogP contribution in [0.1, 0.15) is 17.5 Å². The van der Waals surface area contributed by atoms with Crippen LogP contribution in [0.25, 0.3) is 5.70 Å². The zero-order valence-corrected chi connectivity index (χ0v) is 15.4. The number of carbonyl (C=O) groups excluding carboxylic acids is 1. The Bertz CT molecular complexity index is 952. The molecule has 2 aromatic rings. The lowest BCUT2D eigenvalue weighted by Gasteiger charge is -2.26. The summed E-state index contributed by atoms with van der Waals surface area (Å²) in [5, 5.41) is 3.33. The summed E-state index contributed by atoms with van der Waals surface area (Å²) in [5.74, 6) is 2.64. The van der Waals surface area contributed by atoms with Crippen molar-refractivity contribution in [2.75, 3.05) is 26.4 Å². The number of benzene rings is 2. The van der Waals surface area contributed by atoms with Gasteiger partial charge in [-0.15, -0.1) is 0 Å². The normalized spacial score (nSPS) is 21.3. The summed E-state index contributed by atoms with van der Waals surface area (Å²) in [6.45, 7) is 2.25. The molecule has 144 valence electrons. The van der Waals surface area contributed by atoms with Gasteiger partial charge in [0.15, 0.2) is 29.1 Å². The Labute approximate surface area is 163 Å². The predicted octanol–water partition coefficient (Wildman–Crippen LogP) is 2.74. The molecular formula is C22H21NO5. The van der Waals surface area contributed by atoms with E-state index < -0.39 is 6.10 Å². The van der Waals surface area contributed by atoms with Crippen molar-refractivity contribution in [3.05, 3.63) is 53.6 Å². The highest BCUT2D eigenvalue weighted by atomic mass is 16.6. The van der Waals surface area contributed by atoms with E-state index in [4.69, 9.17) is 18.9 Å². The fraction of sp³-hybridized carbons (Fsp3) is 0.318. The highest BCUT2D eigenvalue weighted by molar-refractivity contribution is 6.00. The lowest BCUT2D eigenvalue weighted by Crippen LogP contribution is -2.36. The molecule has 6 heteroatoms. The number of rotatable bonds is 2. The minimum atomic E-state index is -0.657. The van der Waals surface area contributed by atoms with E-state index in [2.05, 4.69) is 5.32 Å². The van der Waals surface area contributed by atoms with Crippen molar-refractivity contribution in [3.8, 4) is 23.0 Å². The molecule has 28 heavy (non-hydrogen) atoms. The van der Waals surface area contributed by atoms with Gasteiger partial charge in [0.05, 0.1) is 13.2 Å². The molecule has 0 radical (unpaired) electrons. The fourth-order valence-electron chi connectivity index (χ4n) is 3.66. The molecule has 0 aliphatic carbocycles. The van der Waals surface area contributed by atoms with Crippen LogP contribution in [0.4, 0.5) is 0 Å².